The first-order valence-electron chi connectivity index (χ1n) is 5.28. The third kappa shape index (κ3) is 2.20. The molecule has 0 aliphatic carbocycles. The Morgan fingerprint density at radius 2 is 2.00 bits per heavy atom. The number of benzene rings is 1. The molecule has 0 unspecified atom stereocenters. The number of sulfonamides is 1. The Labute approximate surface area is 100 Å². The highest BCUT2D eigenvalue weighted by molar-refractivity contribution is 7.89. The van der Waals surface area contributed by atoms with Crippen LogP contribution in [0.5, 0.6) is 0 Å². The fraction of sp³-hybridized carbons (Fsp3) is 0.455. The maximum Gasteiger partial charge on any atom is 0.243 e. The molecule has 17 heavy (non-hydrogen) atoms. The van der Waals surface area contributed by atoms with Gasteiger partial charge in [-0.2, -0.15) is 4.31 Å². The van der Waals surface area contributed by atoms with E-state index in [1.165, 1.54) is 16.4 Å². The minimum Gasteiger partial charge on any atom is -0.323 e. The molecule has 1 aliphatic rings. The molecule has 2 rings (SSSR count). The summed E-state index contributed by atoms with van der Waals surface area (Å²) in [5.41, 5.74) is 5.84. The highest BCUT2D eigenvalue weighted by Crippen LogP contribution is 2.28. The first-order chi connectivity index (χ1) is 7.72. The van der Waals surface area contributed by atoms with Crippen molar-refractivity contribution in [3.05, 3.63) is 29.6 Å². The number of aryl methyl sites for hydroxylation is 1. The fourth-order valence-corrected chi connectivity index (χ4v) is 3.86. The van der Waals surface area contributed by atoms with Gasteiger partial charge in [-0.05, 0) is 31.5 Å². The van der Waals surface area contributed by atoms with Crippen LogP contribution in [0, 0.1) is 12.7 Å². The second-order valence-corrected chi connectivity index (χ2v) is 6.74. The first-order valence-corrected chi connectivity index (χ1v) is 6.72. The largest absolute Gasteiger partial charge is 0.323 e. The second-order valence-electron chi connectivity index (χ2n) is 4.84. The molecule has 0 aromatic heterocycles. The van der Waals surface area contributed by atoms with E-state index in [-0.39, 0.29) is 18.0 Å². The molecule has 1 fully saturated rings. The van der Waals surface area contributed by atoms with E-state index in [0.717, 1.165) is 6.07 Å². The topological polar surface area (TPSA) is 63.4 Å². The summed E-state index contributed by atoms with van der Waals surface area (Å²) in [4.78, 5) is 0.0213. The van der Waals surface area contributed by atoms with E-state index >= 15 is 0 Å². The molecule has 1 aromatic carbocycles. The van der Waals surface area contributed by atoms with Gasteiger partial charge in [-0.1, -0.05) is 6.07 Å². The van der Waals surface area contributed by atoms with Crippen molar-refractivity contribution in [2.75, 3.05) is 13.1 Å². The van der Waals surface area contributed by atoms with E-state index in [1.54, 1.807) is 13.8 Å². The van der Waals surface area contributed by atoms with E-state index in [9.17, 15) is 12.8 Å². The van der Waals surface area contributed by atoms with Gasteiger partial charge in [-0.25, -0.2) is 12.8 Å². The Morgan fingerprint density at radius 1 is 1.41 bits per heavy atom. The smallest absolute Gasteiger partial charge is 0.243 e. The van der Waals surface area contributed by atoms with Crippen LogP contribution in [0.15, 0.2) is 23.1 Å². The maximum atomic E-state index is 13.1. The lowest BCUT2D eigenvalue weighted by Crippen LogP contribution is -2.66. The third-order valence-corrected chi connectivity index (χ3v) is 4.78. The molecular formula is C11H15FN2O2S. The lowest BCUT2D eigenvalue weighted by Gasteiger charge is -2.44. The first kappa shape index (κ1) is 12.5. The minimum atomic E-state index is -3.61. The van der Waals surface area contributed by atoms with Crippen molar-refractivity contribution in [3.63, 3.8) is 0 Å². The summed E-state index contributed by atoms with van der Waals surface area (Å²) >= 11 is 0. The van der Waals surface area contributed by atoms with Crippen LogP contribution in [0.2, 0.25) is 0 Å². The minimum absolute atomic E-state index is 0.0213. The lowest BCUT2D eigenvalue weighted by atomic mass is 9.97. The highest BCUT2D eigenvalue weighted by atomic mass is 32.2. The number of nitrogens with zero attached hydrogens (tertiary/aromatic N) is 1. The van der Waals surface area contributed by atoms with Gasteiger partial charge in [-0.15, -0.1) is 0 Å². The summed E-state index contributed by atoms with van der Waals surface area (Å²) in [7, 11) is -3.61. The van der Waals surface area contributed by atoms with Crippen molar-refractivity contribution < 1.29 is 12.8 Å². The Morgan fingerprint density at radius 3 is 2.53 bits per heavy atom. The SMILES string of the molecule is Cc1ccc(F)cc1S(=O)(=O)N1CC(C)(N)C1. The fourth-order valence-electron chi connectivity index (χ4n) is 1.92. The van der Waals surface area contributed by atoms with Gasteiger partial charge in [0.05, 0.1) is 4.90 Å². The van der Waals surface area contributed by atoms with E-state index in [4.69, 9.17) is 5.73 Å². The molecule has 0 saturated carbocycles. The zero-order valence-corrected chi connectivity index (χ0v) is 10.6. The van der Waals surface area contributed by atoms with Crippen molar-refractivity contribution in [2.24, 2.45) is 5.73 Å². The van der Waals surface area contributed by atoms with Crippen molar-refractivity contribution >= 4 is 10.0 Å². The van der Waals surface area contributed by atoms with Crippen LogP contribution in [0.3, 0.4) is 0 Å². The van der Waals surface area contributed by atoms with Crippen molar-refractivity contribution in [1.82, 2.24) is 4.31 Å². The van der Waals surface area contributed by atoms with Gasteiger partial charge >= 0.3 is 0 Å². The van der Waals surface area contributed by atoms with Gasteiger partial charge in [0.2, 0.25) is 10.0 Å². The van der Waals surface area contributed by atoms with Gasteiger partial charge < -0.3 is 5.73 Å². The molecule has 0 atom stereocenters. The second kappa shape index (κ2) is 3.76. The zero-order valence-electron chi connectivity index (χ0n) is 9.77. The van der Waals surface area contributed by atoms with E-state index in [2.05, 4.69) is 0 Å². The van der Waals surface area contributed by atoms with Crippen LogP contribution in [0.1, 0.15) is 12.5 Å². The van der Waals surface area contributed by atoms with Crippen LogP contribution >= 0.6 is 0 Å². The molecule has 0 spiro atoms. The number of nitrogens with two attached hydrogens (primary N) is 1. The van der Waals surface area contributed by atoms with Gasteiger partial charge in [0.25, 0.3) is 0 Å². The molecule has 1 aliphatic heterocycles. The summed E-state index contributed by atoms with van der Waals surface area (Å²) in [6.45, 7) is 3.97. The Hall–Kier alpha value is -0.980. The number of hydrogen-bond donors (Lipinski definition) is 1. The van der Waals surface area contributed by atoms with Crippen molar-refractivity contribution in [2.45, 2.75) is 24.3 Å². The average molecular weight is 258 g/mol. The van der Waals surface area contributed by atoms with Crippen LogP contribution in [-0.2, 0) is 10.0 Å². The number of halogens is 1. The standard InChI is InChI=1S/C11H15FN2O2S/c1-8-3-4-9(12)5-10(8)17(15,16)14-6-11(2,13)7-14/h3-5H,6-7,13H2,1-2H3. The van der Waals surface area contributed by atoms with Crippen LogP contribution in [0.4, 0.5) is 4.39 Å². The third-order valence-electron chi connectivity index (χ3n) is 2.84. The van der Waals surface area contributed by atoms with Gasteiger partial charge in [0.15, 0.2) is 0 Å². The van der Waals surface area contributed by atoms with E-state index in [1.807, 2.05) is 0 Å². The summed E-state index contributed by atoms with van der Waals surface area (Å²) in [5.74, 6) is -0.551. The monoisotopic (exact) mass is 258 g/mol. The number of rotatable bonds is 2. The van der Waals surface area contributed by atoms with Crippen molar-refractivity contribution in [3.8, 4) is 0 Å². The molecule has 1 heterocycles. The molecule has 2 N–H and O–H groups in total. The summed E-state index contributed by atoms with van der Waals surface area (Å²) in [5, 5.41) is 0. The zero-order chi connectivity index (χ0) is 12.8. The quantitative estimate of drug-likeness (QED) is 0.855. The molecule has 1 saturated heterocycles. The molecule has 6 heteroatoms. The van der Waals surface area contributed by atoms with E-state index in [0.29, 0.717) is 5.56 Å². The lowest BCUT2D eigenvalue weighted by molar-refractivity contribution is 0.176. The normalized spacial score (nSPS) is 20.0. The maximum absolute atomic E-state index is 13.1. The summed E-state index contributed by atoms with van der Waals surface area (Å²) < 4.78 is 38.7. The summed E-state index contributed by atoms with van der Waals surface area (Å²) in [6.07, 6.45) is 0. The molecule has 4 nitrogen and oxygen atoms in total. The highest BCUT2D eigenvalue weighted by Gasteiger charge is 2.43. The Kier molecular flexibility index (Phi) is 2.76. The Bertz CT molecular complexity index is 547. The molecule has 1 aromatic rings. The Balaban J connectivity index is 2.36. The number of hydrogen-bond acceptors (Lipinski definition) is 3. The summed E-state index contributed by atoms with van der Waals surface area (Å²) in [6, 6.07) is 3.76. The predicted octanol–water partition coefficient (Wildman–Crippen LogP) is 0.856. The molecular weight excluding hydrogens is 243 g/mol. The molecule has 0 amide bonds. The van der Waals surface area contributed by atoms with Crippen molar-refractivity contribution in [1.29, 1.82) is 0 Å². The van der Waals surface area contributed by atoms with E-state index < -0.39 is 21.4 Å². The molecule has 0 bridgehead atoms. The van der Waals surface area contributed by atoms with Gasteiger partial charge in [0, 0.05) is 18.6 Å². The van der Waals surface area contributed by atoms with Crippen LogP contribution in [0.25, 0.3) is 0 Å². The molecule has 0 radical (unpaired) electrons. The predicted molar refractivity (Wildman–Crippen MR) is 62.5 cm³/mol. The van der Waals surface area contributed by atoms with Gasteiger partial charge in [-0.3, -0.25) is 0 Å². The average Bonchev–Trinajstić information content (AvgIpc) is 2.18. The van der Waals surface area contributed by atoms with Crippen LogP contribution < -0.4 is 5.73 Å². The molecule has 94 valence electrons. The van der Waals surface area contributed by atoms with Crippen LogP contribution in [-0.4, -0.2) is 31.4 Å². The van der Waals surface area contributed by atoms with Gasteiger partial charge in [0.1, 0.15) is 5.82 Å².